The maximum absolute atomic E-state index is 13.6. The van der Waals surface area contributed by atoms with Crippen molar-refractivity contribution in [2.45, 2.75) is 18.8 Å². The minimum atomic E-state index is -1.44. The summed E-state index contributed by atoms with van der Waals surface area (Å²) in [5.41, 5.74) is 1.84. The van der Waals surface area contributed by atoms with E-state index in [0.29, 0.717) is 50.0 Å². The van der Waals surface area contributed by atoms with Crippen molar-refractivity contribution in [1.29, 1.82) is 0 Å². The zero-order valence-electron chi connectivity index (χ0n) is 19.5. The van der Waals surface area contributed by atoms with Crippen LogP contribution in [0.15, 0.2) is 97.1 Å². The summed E-state index contributed by atoms with van der Waals surface area (Å²) in [6.45, 7) is 1.58. The van der Waals surface area contributed by atoms with Gasteiger partial charge in [0.1, 0.15) is 11.7 Å². The van der Waals surface area contributed by atoms with Gasteiger partial charge in [-0.2, -0.15) is 0 Å². The zero-order valence-corrected chi connectivity index (χ0v) is 21.0. The van der Waals surface area contributed by atoms with Gasteiger partial charge in [-0.05, 0) is 42.3 Å². The highest BCUT2D eigenvalue weighted by molar-refractivity contribution is 6.39. The highest BCUT2D eigenvalue weighted by atomic mass is 35.5. The van der Waals surface area contributed by atoms with Gasteiger partial charge in [-0.3, -0.25) is 9.59 Å². The fourth-order valence-electron chi connectivity index (χ4n) is 3.94. The molecule has 0 aliphatic carbocycles. The molecule has 4 rings (SSSR count). The number of halogens is 2. The monoisotopic (exact) mass is 515 g/mol. The molecule has 1 atom stereocenters. The summed E-state index contributed by atoms with van der Waals surface area (Å²) < 4.78 is 0. The molecule has 4 aromatic rings. The highest BCUT2D eigenvalue weighted by Gasteiger charge is 2.35. The third-order valence-corrected chi connectivity index (χ3v) is 6.80. The molecule has 0 spiro atoms. The number of carbonyl (C=O) groups excluding carboxylic acids is 3. The van der Waals surface area contributed by atoms with Gasteiger partial charge in [-0.1, -0.05) is 96.0 Å². The van der Waals surface area contributed by atoms with Crippen LogP contribution in [0.3, 0.4) is 0 Å². The zero-order chi connectivity index (χ0) is 25.7. The normalized spacial score (nSPS) is 12.4. The van der Waals surface area contributed by atoms with Crippen molar-refractivity contribution < 1.29 is 14.4 Å². The average molecular weight is 516 g/mol. The second-order valence-corrected chi connectivity index (χ2v) is 9.39. The molecule has 0 aliphatic heterocycles. The van der Waals surface area contributed by atoms with Crippen LogP contribution in [0.2, 0.25) is 10.0 Å². The molecule has 1 N–H and O–H groups in total. The van der Waals surface area contributed by atoms with Crippen molar-refractivity contribution in [3.05, 3.63) is 129 Å². The lowest BCUT2D eigenvalue weighted by Gasteiger charge is -2.24. The van der Waals surface area contributed by atoms with Crippen molar-refractivity contribution >= 4 is 52.4 Å². The Bertz CT molecular complexity index is 1420. The van der Waals surface area contributed by atoms with E-state index in [2.05, 4.69) is 5.32 Å². The Kier molecular flexibility index (Phi) is 7.68. The summed E-state index contributed by atoms with van der Waals surface area (Å²) in [4.78, 5) is 38.8. The molecule has 0 saturated heterocycles. The number of Topliss-reactive ketones (excluding diaryl/α,β-unsaturated/α-hetero) is 1. The Morgan fingerprint density at radius 2 is 1.42 bits per heavy atom. The van der Waals surface area contributed by atoms with Gasteiger partial charge in [0.25, 0.3) is 0 Å². The standard InChI is InChI=1S/C30H23Cl2NO3/c1-30(19-34,23-13-7-12-22(17-23)29(36)20-9-3-2-4-10-20)27(35)18-21-11-5-6-16-26(21)33-28-24(31)14-8-15-25(28)32/h2-17,19,33H,18H2,1H3. The molecule has 0 fully saturated rings. The van der Waals surface area contributed by atoms with Crippen LogP contribution in [0.1, 0.15) is 34.0 Å². The summed E-state index contributed by atoms with van der Waals surface area (Å²) in [5.74, 6) is -0.481. The van der Waals surface area contributed by atoms with Crippen molar-refractivity contribution in [1.82, 2.24) is 0 Å². The van der Waals surface area contributed by atoms with Gasteiger partial charge < -0.3 is 10.1 Å². The predicted octanol–water partition coefficient (Wildman–Crippen LogP) is 7.24. The van der Waals surface area contributed by atoms with E-state index in [1.807, 2.05) is 30.3 Å². The molecular formula is C30H23Cl2NO3. The summed E-state index contributed by atoms with van der Waals surface area (Å²) >= 11 is 12.6. The Balaban J connectivity index is 1.63. The summed E-state index contributed by atoms with van der Waals surface area (Å²) in [5, 5.41) is 4.11. The molecule has 1 unspecified atom stereocenters. The number of nitrogens with one attached hydrogen (secondary N) is 1. The Morgan fingerprint density at radius 1 is 0.806 bits per heavy atom. The Morgan fingerprint density at radius 3 is 2.11 bits per heavy atom. The molecule has 4 nitrogen and oxygen atoms in total. The highest BCUT2D eigenvalue weighted by Crippen LogP contribution is 2.34. The molecule has 0 aliphatic rings. The fourth-order valence-corrected chi connectivity index (χ4v) is 4.43. The van der Waals surface area contributed by atoms with E-state index in [1.165, 1.54) is 0 Å². The second-order valence-electron chi connectivity index (χ2n) is 8.57. The minimum absolute atomic E-state index is 0.0165. The lowest BCUT2D eigenvalue weighted by molar-refractivity contribution is -0.128. The van der Waals surface area contributed by atoms with Gasteiger partial charge in [-0.25, -0.2) is 0 Å². The van der Waals surface area contributed by atoms with Gasteiger partial charge in [0.15, 0.2) is 11.6 Å². The third kappa shape index (κ3) is 5.25. The van der Waals surface area contributed by atoms with E-state index in [-0.39, 0.29) is 18.0 Å². The van der Waals surface area contributed by atoms with E-state index in [0.717, 1.165) is 0 Å². The van der Waals surface area contributed by atoms with Gasteiger partial charge in [0.2, 0.25) is 0 Å². The lowest BCUT2D eigenvalue weighted by Crippen LogP contribution is -2.36. The molecular weight excluding hydrogens is 493 g/mol. The van der Waals surface area contributed by atoms with Crippen LogP contribution in [0.4, 0.5) is 11.4 Å². The van der Waals surface area contributed by atoms with Crippen LogP contribution in [0, 0.1) is 0 Å². The topological polar surface area (TPSA) is 63.2 Å². The molecule has 0 radical (unpaired) electrons. The lowest BCUT2D eigenvalue weighted by atomic mass is 9.77. The van der Waals surface area contributed by atoms with Gasteiger partial charge in [0.05, 0.1) is 15.7 Å². The van der Waals surface area contributed by atoms with E-state index >= 15 is 0 Å². The molecule has 0 bridgehead atoms. The van der Waals surface area contributed by atoms with Crippen molar-refractivity contribution in [3.8, 4) is 0 Å². The first-order chi connectivity index (χ1) is 17.3. The first kappa shape index (κ1) is 25.4. The first-order valence-corrected chi connectivity index (χ1v) is 12.1. The quantitative estimate of drug-likeness (QED) is 0.145. The minimum Gasteiger partial charge on any atom is -0.353 e. The predicted molar refractivity (Wildman–Crippen MR) is 145 cm³/mol. The number of hydrogen-bond acceptors (Lipinski definition) is 4. The van der Waals surface area contributed by atoms with Crippen LogP contribution in [-0.4, -0.2) is 17.9 Å². The number of hydrogen-bond donors (Lipinski definition) is 1. The number of para-hydroxylation sites is 2. The maximum atomic E-state index is 13.6. The van der Waals surface area contributed by atoms with E-state index in [9.17, 15) is 14.4 Å². The summed E-state index contributed by atoms with van der Waals surface area (Å²) in [6, 6.07) is 28.0. The van der Waals surface area contributed by atoms with Crippen LogP contribution < -0.4 is 5.32 Å². The number of benzene rings is 4. The van der Waals surface area contributed by atoms with Gasteiger partial charge in [-0.15, -0.1) is 0 Å². The van der Waals surface area contributed by atoms with E-state index in [4.69, 9.17) is 23.2 Å². The fraction of sp³-hybridized carbons (Fsp3) is 0.100. The van der Waals surface area contributed by atoms with Crippen molar-refractivity contribution in [3.63, 3.8) is 0 Å². The van der Waals surface area contributed by atoms with E-state index < -0.39 is 5.41 Å². The summed E-state index contributed by atoms with van der Waals surface area (Å²) in [7, 11) is 0. The molecule has 6 heteroatoms. The Hall–Kier alpha value is -3.73. The molecule has 0 amide bonds. The molecule has 36 heavy (non-hydrogen) atoms. The maximum Gasteiger partial charge on any atom is 0.193 e. The van der Waals surface area contributed by atoms with Crippen molar-refractivity contribution in [2.24, 2.45) is 0 Å². The van der Waals surface area contributed by atoms with Gasteiger partial charge in [0, 0.05) is 23.2 Å². The first-order valence-electron chi connectivity index (χ1n) is 11.3. The number of ketones is 2. The number of carbonyl (C=O) groups is 3. The van der Waals surface area contributed by atoms with Crippen LogP contribution in [0.5, 0.6) is 0 Å². The van der Waals surface area contributed by atoms with Crippen LogP contribution in [-0.2, 0) is 21.4 Å². The van der Waals surface area contributed by atoms with E-state index in [1.54, 1.807) is 73.7 Å². The Labute approximate surface area is 219 Å². The molecule has 0 heterocycles. The van der Waals surface area contributed by atoms with Gasteiger partial charge >= 0.3 is 0 Å². The smallest absolute Gasteiger partial charge is 0.193 e. The average Bonchev–Trinajstić information content (AvgIpc) is 2.91. The molecule has 0 saturated carbocycles. The summed E-state index contributed by atoms with van der Waals surface area (Å²) in [6.07, 6.45) is 0.625. The number of anilines is 2. The number of aldehydes is 1. The molecule has 4 aromatic carbocycles. The number of rotatable bonds is 9. The van der Waals surface area contributed by atoms with Crippen LogP contribution >= 0.6 is 23.2 Å². The van der Waals surface area contributed by atoms with Crippen molar-refractivity contribution in [2.75, 3.05) is 5.32 Å². The molecule has 0 aromatic heterocycles. The largest absolute Gasteiger partial charge is 0.353 e. The molecule has 180 valence electrons. The van der Waals surface area contributed by atoms with Crippen LogP contribution in [0.25, 0.3) is 0 Å². The third-order valence-electron chi connectivity index (χ3n) is 6.17. The SMILES string of the molecule is CC(C=O)(C(=O)Cc1ccccc1Nc1c(Cl)cccc1Cl)c1cccc(C(=O)c2ccccc2)c1. The second kappa shape index (κ2) is 10.9.